The Bertz CT molecular complexity index is 300. The van der Waals surface area contributed by atoms with Crippen molar-refractivity contribution in [2.45, 2.75) is 37.6 Å². The molecule has 0 aromatic carbocycles. The van der Waals surface area contributed by atoms with Crippen LogP contribution >= 0.6 is 0 Å². The van der Waals surface area contributed by atoms with Crippen molar-refractivity contribution in [1.82, 2.24) is 15.5 Å². The van der Waals surface area contributed by atoms with Gasteiger partial charge >= 0.3 is 0 Å². The molecule has 1 aromatic rings. The van der Waals surface area contributed by atoms with Crippen LogP contribution in [-0.2, 0) is 0 Å². The molecule has 4 heteroatoms. The first-order valence-electron chi connectivity index (χ1n) is 5.00. The average molecular weight is 179 g/mol. The first-order chi connectivity index (χ1) is 6.43. The summed E-state index contributed by atoms with van der Waals surface area (Å²) in [6.07, 6.45) is 4.81. The Kier molecular flexibility index (Phi) is 1.62. The van der Waals surface area contributed by atoms with Gasteiger partial charge in [0.15, 0.2) is 5.82 Å². The number of aromatic nitrogens is 2. The molecular formula is C9H13N3O. The smallest absolute Gasteiger partial charge is 0.229 e. The van der Waals surface area contributed by atoms with Gasteiger partial charge in [-0.05, 0) is 32.2 Å². The van der Waals surface area contributed by atoms with E-state index < -0.39 is 0 Å². The topological polar surface area (TPSA) is 51.0 Å². The Morgan fingerprint density at radius 2 is 2.23 bits per heavy atom. The van der Waals surface area contributed by atoms with E-state index in [9.17, 15) is 0 Å². The Morgan fingerprint density at radius 1 is 1.31 bits per heavy atom. The second-order valence-corrected chi connectivity index (χ2v) is 3.91. The van der Waals surface area contributed by atoms with Crippen LogP contribution in [0, 0.1) is 0 Å². The van der Waals surface area contributed by atoms with Gasteiger partial charge in [0, 0.05) is 5.92 Å². The van der Waals surface area contributed by atoms with Gasteiger partial charge in [0.1, 0.15) is 0 Å². The molecule has 0 amide bonds. The fourth-order valence-corrected chi connectivity index (χ4v) is 1.79. The summed E-state index contributed by atoms with van der Waals surface area (Å²) >= 11 is 0. The highest BCUT2D eigenvalue weighted by Gasteiger charge is 2.31. The van der Waals surface area contributed by atoms with Crippen LogP contribution in [0.5, 0.6) is 0 Å². The van der Waals surface area contributed by atoms with E-state index in [1.807, 2.05) is 0 Å². The standard InChI is InChI=1S/C9H13N3O/c1-2-7(10-5-1)8-11-9(13-12-8)6-3-4-6/h6-7,10H,1-5H2. The van der Waals surface area contributed by atoms with Crippen molar-refractivity contribution < 1.29 is 4.52 Å². The normalized spacial score (nSPS) is 28.2. The summed E-state index contributed by atoms with van der Waals surface area (Å²) in [4.78, 5) is 4.41. The van der Waals surface area contributed by atoms with Gasteiger partial charge in [0.05, 0.1) is 6.04 Å². The van der Waals surface area contributed by atoms with Gasteiger partial charge in [-0.15, -0.1) is 0 Å². The minimum absolute atomic E-state index is 0.344. The number of hydrogen-bond donors (Lipinski definition) is 1. The van der Waals surface area contributed by atoms with E-state index in [1.54, 1.807) is 0 Å². The van der Waals surface area contributed by atoms with Gasteiger partial charge < -0.3 is 9.84 Å². The second kappa shape index (κ2) is 2.80. The van der Waals surface area contributed by atoms with Crippen LogP contribution in [-0.4, -0.2) is 16.7 Å². The molecule has 1 N–H and O–H groups in total. The molecule has 13 heavy (non-hydrogen) atoms. The SMILES string of the molecule is C1CNC(c2noc(C3CC3)n2)C1. The maximum Gasteiger partial charge on any atom is 0.229 e. The van der Waals surface area contributed by atoms with Crippen LogP contribution in [0.3, 0.4) is 0 Å². The van der Waals surface area contributed by atoms with Crippen LogP contribution in [0.1, 0.15) is 49.4 Å². The zero-order chi connectivity index (χ0) is 8.67. The summed E-state index contributed by atoms with van der Waals surface area (Å²) in [6.45, 7) is 1.08. The summed E-state index contributed by atoms with van der Waals surface area (Å²) in [5, 5.41) is 7.37. The Morgan fingerprint density at radius 3 is 2.92 bits per heavy atom. The molecule has 1 aliphatic heterocycles. The summed E-state index contributed by atoms with van der Waals surface area (Å²) in [6, 6.07) is 0.344. The zero-order valence-electron chi connectivity index (χ0n) is 7.49. The predicted molar refractivity (Wildman–Crippen MR) is 46.3 cm³/mol. The van der Waals surface area contributed by atoms with Crippen molar-refractivity contribution in [3.63, 3.8) is 0 Å². The molecule has 0 bridgehead atoms. The number of hydrogen-bond acceptors (Lipinski definition) is 4. The van der Waals surface area contributed by atoms with Crippen molar-refractivity contribution in [1.29, 1.82) is 0 Å². The molecular weight excluding hydrogens is 166 g/mol. The summed E-state index contributed by atoms with van der Waals surface area (Å²) < 4.78 is 5.20. The lowest BCUT2D eigenvalue weighted by Crippen LogP contribution is -2.14. The largest absolute Gasteiger partial charge is 0.339 e. The van der Waals surface area contributed by atoms with Crippen molar-refractivity contribution in [2.24, 2.45) is 0 Å². The highest BCUT2D eigenvalue weighted by Crippen LogP contribution is 2.39. The molecule has 1 saturated carbocycles. The van der Waals surface area contributed by atoms with Crippen LogP contribution in [0.2, 0.25) is 0 Å². The van der Waals surface area contributed by atoms with Crippen molar-refractivity contribution in [3.8, 4) is 0 Å². The number of rotatable bonds is 2. The molecule has 2 heterocycles. The van der Waals surface area contributed by atoms with E-state index in [-0.39, 0.29) is 0 Å². The third-order valence-corrected chi connectivity index (χ3v) is 2.76. The first-order valence-corrected chi connectivity index (χ1v) is 5.00. The first kappa shape index (κ1) is 7.50. The lowest BCUT2D eigenvalue weighted by atomic mass is 10.2. The Balaban J connectivity index is 1.79. The fraction of sp³-hybridized carbons (Fsp3) is 0.778. The molecule has 70 valence electrons. The molecule has 1 aliphatic carbocycles. The molecule has 2 fully saturated rings. The third-order valence-electron chi connectivity index (χ3n) is 2.76. The zero-order valence-corrected chi connectivity index (χ0v) is 7.49. The van der Waals surface area contributed by atoms with Gasteiger partial charge in [-0.25, -0.2) is 0 Å². The Labute approximate surface area is 76.7 Å². The number of nitrogens with one attached hydrogen (secondary N) is 1. The lowest BCUT2D eigenvalue weighted by molar-refractivity contribution is 0.369. The van der Waals surface area contributed by atoms with Gasteiger partial charge in [-0.3, -0.25) is 0 Å². The molecule has 0 radical (unpaired) electrons. The minimum Gasteiger partial charge on any atom is -0.339 e. The van der Waals surface area contributed by atoms with Crippen LogP contribution in [0.25, 0.3) is 0 Å². The lowest BCUT2D eigenvalue weighted by Gasteiger charge is -2.01. The van der Waals surface area contributed by atoms with Gasteiger partial charge in [-0.2, -0.15) is 4.98 Å². The summed E-state index contributed by atoms with van der Waals surface area (Å²) in [7, 11) is 0. The molecule has 3 rings (SSSR count). The van der Waals surface area contributed by atoms with Crippen molar-refractivity contribution in [3.05, 3.63) is 11.7 Å². The molecule has 1 saturated heterocycles. The second-order valence-electron chi connectivity index (χ2n) is 3.91. The predicted octanol–water partition coefficient (Wildman–Crippen LogP) is 1.37. The van der Waals surface area contributed by atoms with E-state index in [0.717, 1.165) is 24.7 Å². The third kappa shape index (κ3) is 1.35. The van der Waals surface area contributed by atoms with Crippen molar-refractivity contribution >= 4 is 0 Å². The van der Waals surface area contributed by atoms with Crippen LogP contribution in [0.15, 0.2) is 4.52 Å². The summed E-state index contributed by atoms with van der Waals surface area (Å²) in [5.74, 6) is 2.28. The number of nitrogens with zero attached hydrogens (tertiary/aromatic N) is 2. The molecule has 1 unspecified atom stereocenters. The molecule has 2 aliphatic rings. The van der Waals surface area contributed by atoms with Crippen molar-refractivity contribution in [2.75, 3.05) is 6.54 Å². The molecule has 1 atom stereocenters. The average Bonchev–Trinajstić information content (AvgIpc) is 2.72. The summed E-state index contributed by atoms with van der Waals surface area (Å²) in [5.41, 5.74) is 0. The van der Waals surface area contributed by atoms with Gasteiger partial charge in [-0.1, -0.05) is 5.16 Å². The van der Waals surface area contributed by atoms with Crippen LogP contribution in [0.4, 0.5) is 0 Å². The van der Waals surface area contributed by atoms with Gasteiger partial charge in [0.2, 0.25) is 5.89 Å². The quantitative estimate of drug-likeness (QED) is 0.745. The van der Waals surface area contributed by atoms with Crippen LogP contribution < -0.4 is 5.32 Å². The highest BCUT2D eigenvalue weighted by atomic mass is 16.5. The molecule has 4 nitrogen and oxygen atoms in total. The Hall–Kier alpha value is -0.900. The molecule has 0 spiro atoms. The monoisotopic (exact) mass is 179 g/mol. The fourth-order valence-electron chi connectivity index (χ4n) is 1.79. The van der Waals surface area contributed by atoms with E-state index in [4.69, 9.17) is 4.52 Å². The van der Waals surface area contributed by atoms with E-state index in [1.165, 1.54) is 19.3 Å². The maximum absolute atomic E-state index is 5.20. The maximum atomic E-state index is 5.20. The van der Waals surface area contributed by atoms with E-state index >= 15 is 0 Å². The van der Waals surface area contributed by atoms with E-state index in [0.29, 0.717) is 12.0 Å². The van der Waals surface area contributed by atoms with E-state index in [2.05, 4.69) is 15.5 Å². The highest BCUT2D eigenvalue weighted by molar-refractivity contribution is 5.04. The minimum atomic E-state index is 0.344. The van der Waals surface area contributed by atoms with Gasteiger partial charge in [0.25, 0.3) is 0 Å². The molecule has 1 aromatic heterocycles.